The summed E-state index contributed by atoms with van der Waals surface area (Å²) in [7, 11) is 0. The highest BCUT2D eigenvalue weighted by atomic mass is 32.1. The van der Waals surface area contributed by atoms with E-state index < -0.39 is 0 Å². The highest BCUT2D eigenvalue weighted by Crippen LogP contribution is 2.12. The average molecular weight is 238 g/mol. The molecule has 0 aliphatic carbocycles. The van der Waals surface area contributed by atoms with Gasteiger partial charge in [0.05, 0.1) is 0 Å². The van der Waals surface area contributed by atoms with Crippen LogP contribution < -0.4 is 11.1 Å². The number of aromatic nitrogens is 2. The molecule has 0 saturated carbocycles. The second-order valence-electron chi connectivity index (χ2n) is 3.26. The van der Waals surface area contributed by atoms with Gasteiger partial charge in [0, 0.05) is 18.1 Å². The van der Waals surface area contributed by atoms with Crippen LogP contribution in [0.25, 0.3) is 0 Å². The molecule has 0 bridgehead atoms. The predicted molar refractivity (Wildman–Crippen MR) is 62.9 cm³/mol. The summed E-state index contributed by atoms with van der Waals surface area (Å²) in [6.45, 7) is 0.679. The minimum Gasteiger partial charge on any atom is -0.367 e. The Kier molecular flexibility index (Phi) is 3.31. The van der Waals surface area contributed by atoms with E-state index in [2.05, 4.69) is 14.7 Å². The largest absolute Gasteiger partial charge is 0.367 e. The van der Waals surface area contributed by atoms with Crippen LogP contribution in [0.2, 0.25) is 0 Å². The van der Waals surface area contributed by atoms with E-state index >= 15 is 0 Å². The Bertz CT molecular complexity index is 471. The summed E-state index contributed by atoms with van der Waals surface area (Å²) in [5.74, 6) is 0.0657. The number of hydrogen-bond donors (Lipinski definition) is 2. The maximum absolute atomic E-state index is 12.9. The number of benzene rings is 1. The molecular weight excluding hydrogens is 227 g/mol. The van der Waals surface area contributed by atoms with Gasteiger partial charge in [-0.2, -0.15) is 9.36 Å². The van der Waals surface area contributed by atoms with Gasteiger partial charge in [0.1, 0.15) is 5.82 Å². The van der Waals surface area contributed by atoms with Crippen molar-refractivity contribution in [2.45, 2.75) is 6.42 Å². The molecule has 0 amide bonds. The highest BCUT2D eigenvalue weighted by molar-refractivity contribution is 7.09. The van der Waals surface area contributed by atoms with E-state index in [1.807, 2.05) is 6.07 Å². The molecule has 0 fully saturated rings. The Morgan fingerprint density at radius 3 is 3.00 bits per heavy atom. The van der Waals surface area contributed by atoms with Gasteiger partial charge in [0.15, 0.2) is 0 Å². The first-order valence-electron chi connectivity index (χ1n) is 4.81. The average Bonchev–Trinajstić information content (AvgIpc) is 2.64. The van der Waals surface area contributed by atoms with Crippen LogP contribution in [-0.2, 0) is 6.42 Å². The molecular formula is C10H11FN4S. The number of halogens is 1. The second kappa shape index (κ2) is 4.89. The summed E-state index contributed by atoms with van der Waals surface area (Å²) in [5.41, 5.74) is 6.33. The smallest absolute Gasteiger partial charge is 0.233 e. The van der Waals surface area contributed by atoms with Gasteiger partial charge in [-0.05, 0) is 24.1 Å². The van der Waals surface area contributed by atoms with Gasteiger partial charge in [0.25, 0.3) is 0 Å². The Balaban J connectivity index is 1.84. The lowest BCUT2D eigenvalue weighted by atomic mass is 10.1. The van der Waals surface area contributed by atoms with Crippen molar-refractivity contribution in [3.05, 3.63) is 35.6 Å². The Morgan fingerprint density at radius 1 is 1.44 bits per heavy atom. The fourth-order valence-electron chi connectivity index (χ4n) is 1.31. The third kappa shape index (κ3) is 2.90. The molecule has 0 radical (unpaired) electrons. The lowest BCUT2D eigenvalue weighted by Crippen LogP contribution is -2.04. The molecule has 0 spiro atoms. The zero-order valence-electron chi connectivity index (χ0n) is 8.48. The molecule has 2 rings (SSSR count). The highest BCUT2D eigenvalue weighted by Gasteiger charge is 2.00. The van der Waals surface area contributed by atoms with Crippen molar-refractivity contribution in [2.24, 2.45) is 0 Å². The molecule has 0 unspecified atom stereocenters. The number of hydrogen-bond acceptors (Lipinski definition) is 5. The lowest BCUT2D eigenvalue weighted by molar-refractivity contribution is 0.625. The van der Waals surface area contributed by atoms with Crippen molar-refractivity contribution in [3.63, 3.8) is 0 Å². The standard InChI is InChI=1S/C10H11FN4S/c11-8-3-1-2-7(6-8)4-5-13-10-14-9(12)15-16-10/h1-3,6H,4-5H2,(H3,12,13,14,15). The van der Waals surface area contributed by atoms with Crippen LogP contribution in [-0.4, -0.2) is 15.9 Å². The van der Waals surface area contributed by atoms with Gasteiger partial charge in [-0.3, -0.25) is 0 Å². The molecule has 84 valence electrons. The molecule has 0 aliphatic rings. The maximum Gasteiger partial charge on any atom is 0.233 e. The molecule has 1 aromatic carbocycles. The van der Waals surface area contributed by atoms with Crippen LogP contribution in [0.5, 0.6) is 0 Å². The van der Waals surface area contributed by atoms with Gasteiger partial charge >= 0.3 is 0 Å². The van der Waals surface area contributed by atoms with Crippen LogP contribution in [0.1, 0.15) is 5.56 Å². The Hall–Kier alpha value is -1.69. The van der Waals surface area contributed by atoms with Gasteiger partial charge in [-0.25, -0.2) is 4.39 Å². The first kappa shape index (κ1) is 10.8. The number of nitrogen functional groups attached to an aromatic ring is 1. The van der Waals surface area contributed by atoms with Crippen molar-refractivity contribution >= 4 is 22.6 Å². The van der Waals surface area contributed by atoms with Crippen LogP contribution in [0.3, 0.4) is 0 Å². The number of anilines is 2. The SMILES string of the molecule is Nc1nsc(NCCc2cccc(F)c2)n1. The number of rotatable bonds is 4. The van der Waals surface area contributed by atoms with Crippen LogP contribution >= 0.6 is 11.5 Å². The molecule has 0 saturated heterocycles. The number of nitrogens with two attached hydrogens (primary N) is 1. The Labute approximate surface area is 96.5 Å². The van der Waals surface area contributed by atoms with Crippen molar-refractivity contribution < 1.29 is 4.39 Å². The van der Waals surface area contributed by atoms with E-state index in [1.54, 1.807) is 6.07 Å². The van der Waals surface area contributed by atoms with E-state index in [4.69, 9.17) is 5.73 Å². The number of nitrogens with zero attached hydrogens (tertiary/aromatic N) is 2. The quantitative estimate of drug-likeness (QED) is 0.854. The molecule has 16 heavy (non-hydrogen) atoms. The van der Waals surface area contributed by atoms with E-state index in [0.717, 1.165) is 12.0 Å². The molecule has 1 heterocycles. The van der Waals surface area contributed by atoms with E-state index in [-0.39, 0.29) is 11.8 Å². The summed E-state index contributed by atoms with van der Waals surface area (Å²) in [5, 5.41) is 3.76. The summed E-state index contributed by atoms with van der Waals surface area (Å²) < 4.78 is 16.7. The fourth-order valence-corrected chi connectivity index (χ4v) is 1.83. The van der Waals surface area contributed by atoms with Gasteiger partial charge in [-0.1, -0.05) is 12.1 Å². The second-order valence-corrected chi connectivity index (χ2v) is 4.02. The molecule has 0 aliphatic heterocycles. The normalized spacial score (nSPS) is 10.3. The fraction of sp³-hybridized carbons (Fsp3) is 0.200. The van der Waals surface area contributed by atoms with Crippen molar-refractivity contribution in [3.8, 4) is 0 Å². The van der Waals surface area contributed by atoms with E-state index in [1.165, 1.54) is 23.7 Å². The van der Waals surface area contributed by atoms with Crippen molar-refractivity contribution in [2.75, 3.05) is 17.6 Å². The van der Waals surface area contributed by atoms with Gasteiger partial charge in [-0.15, -0.1) is 0 Å². The third-order valence-corrected chi connectivity index (χ3v) is 2.71. The molecule has 6 heteroatoms. The zero-order valence-corrected chi connectivity index (χ0v) is 9.30. The first-order chi connectivity index (χ1) is 7.74. The monoisotopic (exact) mass is 238 g/mol. The minimum absolute atomic E-state index is 0.211. The summed E-state index contributed by atoms with van der Waals surface area (Å²) in [6, 6.07) is 6.55. The van der Waals surface area contributed by atoms with E-state index in [0.29, 0.717) is 11.7 Å². The van der Waals surface area contributed by atoms with Crippen molar-refractivity contribution in [1.82, 2.24) is 9.36 Å². The third-order valence-electron chi connectivity index (χ3n) is 2.02. The van der Waals surface area contributed by atoms with Gasteiger partial charge < -0.3 is 11.1 Å². The molecule has 3 N–H and O–H groups in total. The number of nitrogens with one attached hydrogen (secondary N) is 1. The molecule has 4 nitrogen and oxygen atoms in total. The summed E-state index contributed by atoms with van der Waals surface area (Å²) in [6.07, 6.45) is 0.733. The van der Waals surface area contributed by atoms with Crippen LogP contribution in [0, 0.1) is 5.82 Å². The van der Waals surface area contributed by atoms with E-state index in [9.17, 15) is 4.39 Å². The van der Waals surface area contributed by atoms with Crippen molar-refractivity contribution in [1.29, 1.82) is 0 Å². The first-order valence-corrected chi connectivity index (χ1v) is 5.59. The molecule has 0 atom stereocenters. The zero-order chi connectivity index (χ0) is 11.4. The van der Waals surface area contributed by atoms with Crippen LogP contribution in [0.15, 0.2) is 24.3 Å². The topological polar surface area (TPSA) is 63.8 Å². The van der Waals surface area contributed by atoms with Gasteiger partial charge in [0.2, 0.25) is 11.1 Å². The maximum atomic E-state index is 12.9. The minimum atomic E-state index is -0.211. The molecule has 1 aromatic heterocycles. The molecule has 2 aromatic rings. The summed E-state index contributed by atoms with van der Waals surface area (Å²) in [4.78, 5) is 3.96. The van der Waals surface area contributed by atoms with Crippen LogP contribution in [0.4, 0.5) is 15.5 Å². The summed E-state index contributed by atoms with van der Waals surface area (Å²) >= 11 is 1.22. The Morgan fingerprint density at radius 2 is 2.31 bits per heavy atom. The lowest BCUT2D eigenvalue weighted by Gasteiger charge is -2.02. The predicted octanol–water partition coefficient (Wildman–Crippen LogP) is 1.91.